The minimum Gasteiger partial charge on any atom is -0.394 e. The van der Waals surface area contributed by atoms with E-state index in [4.69, 9.17) is 11.6 Å². The number of halogens is 1. The standard InChI is InChI=1S/C32H44ClN3O4S/c1-7-15-34(16-8-2)29(38)26-25-18-21(6)32(41-25)27(26)30(39)36(24(19-37)20(5)10-4)28(32)31(40)35(17-9-3)23-13-11-22(33)12-14-23/h7,9,11-14,20-21,24-28,37H,1,3,8,10,15-19H2,2,4-6H3/t20-,21?,24-,25-,26+,27-,28?,32?/m0/s1. The van der Waals surface area contributed by atoms with E-state index in [0.717, 1.165) is 19.3 Å². The van der Waals surface area contributed by atoms with E-state index < -0.39 is 28.7 Å². The summed E-state index contributed by atoms with van der Waals surface area (Å²) in [5, 5.41) is 11.2. The van der Waals surface area contributed by atoms with Crippen molar-refractivity contribution in [2.45, 2.75) is 69.0 Å². The van der Waals surface area contributed by atoms with Crippen molar-refractivity contribution in [3.63, 3.8) is 0 Å². The third kappa shape index (κ3) is 5.25. The van der Waals surface area contributed by atoms with Crippen LogP contribution in [-0.2, 0) is 14.4 Å². The maximum absolute atomic E-state index is 14.8. The van der Waals surface area contributed by atoms with Crippen LogP contribution in [0.2, 0.25) is 5.02 Å². The predicted octanol–water partition coefficient (Wildman–Crippen LogP) is 5.03. The molecule has 3 aliphatic rings. The molecule has 1 aromatic carbocycles. The topological polar surface area (TPSA) is 81.2 Å². The molecule has 1 spiro atoms. The number of carbonyl (C=O) groups excluding carboxylic acids is 3. The van der Waals surface area contributed by atoms with Crippen LogP contribution in [0.1, 0.15) is 47.0 Å². The van der Waals surface area contributed by atoms with Gasteiger partial charge in [0.2, 0.25) is 11.8 Å². The Morgan fingerprint density at radius 3 is 2.41 bits per heavy atom. The van der Waals surface area contributed by atoms with Gasteiger partial charge in [0.05, 0.1) is 29.2 Å². The molecule has 3 heterocycles. The van der Waals surface area contributed by atoms with Gasteiger partial charge in [-0.3, -0.25) is 14.4 Å². The lowest BCUT2D eigenvalue weighted by Gasteiger charge is -2.43. The second-order valence-corrected chi connectivity index (χ2v) is 13.7. The van der Waals surface area contributed by atoms with Crippen LogP contribution in [-0.4, -0.2) is 80.9 Å². The van der Waals surface area contributed by atoms with Gasteiger partial charge >= 0.3 is 0 Å². The van der Waals surface area contributed by atoms with Gasteiger partial charge in [-0.15, -0.1) is 24.9 Å². The van der Waals surface area contributed by atoms with Crippen molar-refractivity contribution >= 4 is 46.8 Å². The summed E-state index contributed by atoms with van der Waals surface area (Å²) >= 11 is 7.82. The Bertz CT molecular complexity index is 1160. The largest absolute Gasteiger partial charge is 0.394 e. The highest BCUT2D eigenvalue weighted by Gasteiger charge is 2.77. The maximum atomic E-state index is 14.8. The SMILES string of the molecule is C=CCN(CCC)C(=O)[C@@H]1[C@@H]2CC(C)C3(S2)C(C(=O)N(CC=C)c2ccc(Cl)cc2)N([C@@H](CO)[C@@H](C)CC)C(=O)[C@H]13. The fourth-order valence-corrected chi connectivity index (χ4v) is 9.86. The van der Waals surface area contributed by atoms with E-state index in [1.165, 1.54) is 0 Å². The molecule has 0 saturated carbocycles. The zero-order chi connectivity index (χ0) is 30.1. The van der Waals surface area contributed by atoms with E-state index in [1.54, 1.807) is 62.9 Å². The molecule has 3 unspecified atom stereocenters. The Morgan fingerprint density at radius 1 is 1.20 bits per heavy atom. The molecule has 3 aliphatic heterocycles. The van der Waals surface area contributed by atoms with E-state index in [-0.39, 0.29) is 48.0 Å². The number of rotatable bonds is 13. The van der Waals surface area contributed by atoms with E-state index in [0.29, 0.717) is 23.8 Å². The Labute approximate surface area is 254 Å². The quantitative estimate of drug-likeness (QED) is 0.321. The van der Waals surface area contributed by atoms with E-state index >= 15 is 0 Å². The Hall–Kier alpha value is -2.29. The molecule has 4 rings (SSSR count). The van der Waals surface area contributed by atoms with Crippen LogP contribution < -0.4 is 4.90 Å². The minimum atomic E-state index is -0.830. The molecule has 0 aliphatic carbocycles. The van der Waals surface area contributed by atoms with E-state index in [2.05, 4.69) is 20.1 Å². The van der Waals surface area contributed by atoms with Crippen LogP contribution in [0.15, 0.2) is 49.6 Å². The van der Waals surface area contributed by atoms with Crippen molar-refractivity contribution in [2.24, 2.45) is 23.7 Å². The van der Waals surface area contributed by atoms with Gasteiger partial charge in [0.15, 0.2) is 0 Å². The lowest BCUT2D eigenvalue weighted by molar-refractivity contribution is -0.146. The molecule has 0 aromatic heterocycles. The summed E-state index contributed by atoms with van der Waals surface area (Å²) in [4.78, 5) is 48.8. The number of fused-ring (bicyclic) bond motifs is 1. The van der Waals surface area contributed by atoms with Gasteiger partial charge in [0, 0.05) is 35.6 Å². The van der Waals surface area contributed by atoms with Gasteiger partial charge < -0.3 is 19.8 Å². The smallest absolute Gasteiger partial charge is 0.251 e. The summed E-state index contributed by atoms with van der Waals surface area (Å²) in [6, 6.07) is 5.70. The van der Waals surface area contributed by atoms with Gasteiger partial charge in [-0.25, -0.2) is 0 Å². The summed E-state index contributed by atoms with van der Waals surface area (Å²) in [5.41, 5.74) is 0.661. The summed E-state index contributed by atoms with van der Waals surface area (Å²) in [6.45, 7) is 16.9. The van der Waals surface area contributed by atoms with Crippen molar-refractivity contribution in [3.05, 3.63) is 54.6 Å². The lowest BCUT2D eigenvalue weighted by Crippen LogP contribution is -2.60. The van der Waals surface area contributed by atoms with Gasteiger partial charge in [0.25, 0.3) is 5.91 Å². The number of hydrogen-bond donors (Lipinski definition) is 1. The van der Waals surface area contributed by atoms with Gasteiger partial charge in [-0.2, -0.15) is 0 Å². The highest BCUT2D eigenvalue weighted by atomic mass is 35.5. The van der Waals surface area contributed by atoms with Crippen molar-refractivity contribution in [3.8, 4) is 0 Å². The monoisotopic (exact) mass is 601 g/mol. The zero-order valence-corrected chi connectivity index (χ0v) is 26.2. The normalized spacial score (nSPS) is 29.7. The summed E-state index contributed by atoms with van der Waals surface area (Å²) in [7, 11) is 0. The van der Waals surface area contributed by atoms with Crippen molar-refractivity contribution < 1.29 is 19.5 Å². The molecular weight excluding hydrogens is 558 g/mol. The molecule has 2 bridgehead atoms. The number of likely N-dealkylation sites (tertiary alicyclic amines) is 1. The number of thioether (sulfide) groups is 1. The third-order valence-corrected chi connectivity index (χ3v) is 11.7. The maximum Gasteiger partial charge on any atom is 0.251 e. The second-order valence-electron chi connectivity index (χ2n) is 11.7. The fraction of sp³-hybridized carbons (Fsp3) is 0.594. The molecule has 41 heavy (non-hydrogen) atoms. The number of benzene rings is 1. The van der Waals surface area contributed by atoms with Crippen molar-refractivity contribution in [1.82, 2.24) is 9.80 Å². The molecule has 8 atom stereocenters. The number of amides is 3. The molecule has 3 fully saturated rings. The van der Waals surface area contributed by atoms with Gasteiger partial charge in [0.1, 0.15) is 6.04 Å². The van der Waals surface area contributed by atoms with Crippen LogP contribution in [0.25, 0.3) is 0 Å². The number of anilines is 1. The Balaban J connectivity index is 1.87. The minimum absolute atomic E-state index is 0.0283. The first-order valence-corrected chi connectivity index (χ1v) is 16.1. The summed E-state index contributed by atoms with van der Waals surface area (Å²) in [5.74, 6) is -1.60. The molecule has 9 heteroatoms. The van der Waals surface area contributed by atoms with Crippen molar-refractivity contribution in [1.29, 1.82) is 0 Å². The molecule has 1 N–H and O–H groups in total. The molecule has 224 valence electrons. The molecule has 0 radical (unpaired) electrons. The number of aliphatic hydroxyl groups is 1. The number of hydrogen-bond acceptors (Lipinski definition) is 5. The number of carbonyl (C=O) groups is 3. The van der Waals surface area contributed by atoms with Crippen LogP contribution in [0.4, 0.5) is 5.69 Å². The fourth-order valence-electron chi connectivity index (χ4n) is 7.34. The molecule has 7 nitrogen and oxygen atoms in total. The number of nitrogens with zero attached hydrogens (tertiary/aromatic N) is 3. The Morgan fingerprint density at radius 2 is 1.85 bits per heavy atom. The average Bonchev–Trinajstić information content (AvgIpc) is 3.55. The lowest BCUT2D eigenvalue weighted by atomic mass is 9.65. The van der Waals surface area contributed by atoms with Crippen molar-refractivity contribution in [2.75, 3.05) is 31.1 Å². The molecule has 3 amide bonds. The van der Waals surface area contributed by atoms with Crippen LogP contribution >= 0.6 is 23.4 Å². The van der Waals surface area contributed by atoms with Crippen LogP contribution in [0.5, 0.6) is 0 Å². The van der Waals surface area contributed by atoms with Crippen LogP contribution in [0.3, 0.4) is 0 Å². The van der Waals surface area contributed by atoms with E-state index in [9.17, 15) is 19.5 Å². The van der Waals surface area contributed by atoms with Crippen LogP contribution in [0, 0.1) is 23.7 Å². The van der Waals surface area contributed by atoms with Gasteiger partial charge in [-0.1, -0.05) is 57.9 Å². The van der Waals surface area contributed by atoms with Gasteiger partial charge in [-0.05, 0) is 48.9 Å². The molecular formula is C32H44ClN3O4S. The molecule has 1 aromatic rings. The van der Waals surface area contributed by atoms with E-state index in [1.807, 2.05) is 20.8 Å². The first kappa shape index (κ1) is 31.6. The zero-order valence-electron chi connectivity index (χ0n) is 24.7. The Kier molecular flexibility index (Phi) is 9.97. The average molecular weight is 602 g/mol. The highest BCUT2D eigenvalue weighted by Crippen LogP contribution is 2.69. The summed E-state index contributed by atoms with van der Waals surface area (Å²) < 4.78 is -0.780. The third-order valence-electron chi connectivity index (χ3n) is 9.42. The molecule has 3 saturated heterocycles. The predicted molar refractivity (Wildman–Crippen MR) is 167 cm³/mol. The summed E-state index contributed by atoms with van der Waals surface area (Å²) in [6.07, 6.45) is 5.69. The highest BCUT2D eigenvalue weighted by molar-refractivity contribution is 8.02. The second kappa shape index (κ2) is 12.9. The first-order valence-electron chi connectivity index (χ1n) is 14.8. The first-order chi connectivity index (χ1) is 19.6. The number of aliphatic hydroxyl groups excluding tert-OH is 1.